The van der Waals surface area contributed by atoms with Crippen molar-refractivity contribution in [3.8, 4) is 0 Å². The van der Waals surface area contributed by atoms with Crippen LogP contribution >= 0.6 is 0 Å². The Hall–Kier alpha value is -4.19. The number of rotatable bonds is 6. The molecule has 11 heteroatoms. The molecule has 0 spiro atoms. The molecule has 2 aromatic heterocycles. The molecule has 11 nitrogen and oxygen atoms in total. The molecular weight excluding hydrogens is 454 g/mol. The number of benzene rings is 2. The summed E-state index contributed by atoms with van der Waals surface area (Å²) >= 11 is 0. The average Bonchev–Trinajstić information content (AvgIpc) is 3.45. The first-order valence-corrected chi connectivity index (χ1v) is 10.8. The fourth-order valence-corrected chi connectivity index (χ4v) is 3.81. The van der Waals surface area contributed by atoms with Gasteiger partial charge in [-0.3, -0.25) is 9.36 Å². The third-order valence-corrected chi connectivity index (χ3v) is 5.63. The molecule has 178 valence electrons. The smallest absolute Gasteiger partial charge is 0.338 e. The number of fused-ring (bicyclic) bond motifs is 1. The Bertz CT molecular complexity index is 1350. The van der Waals surface area contributed by atoms with Crippen molar-refractivity contribution in [2.24, 2.45) is 0 Å². The number of ether oxygens (including phenoxy) is 2. The number of imidazole rings is 1. The lowest BCUT2D eigenvalue weighted by Crippen LogP contribution is -2.34. The number of aliphatic hydroxyl groups is 2. The van der Waals surface area contributed by atoms with E-state index < -0.39 is 30.5 Å². The van der Waals surface area contributed by atoms with Gasteiger partial charge in [0.05, 0.1) is 11.9 Å². The topological polar surface area (TPSA) is 149 Å². The zero-order valence-electron chi connectivity index (χ0n) is 18.3. The number of esters is 1. The molecular formula is C24H21N5O6. The SMILES string of the molecule is O=C(Nc1ncnc2c1ncn2[C@@H]1O[C@H](COC(=O)c2ccccc2)C(O)[C@H]1O)c1ccccc1. The zero-order valence-corrected chi connectivity index (χ0v) is 18.3. The Labute approximate surface area is 199 Å². The molecule has 0 radical (unpaired) electrons. The lowest BCUT2D eigenvalue weighted by atomic mass is 10.1. The van der Waals surface area contributed by atoms with Gasteiger partial charge in [0.1, 0.15) is 31.2 Å². The first kappa shape index (κ1) is 22.6. The summed E-state index contributed by atoms with van der Waals surface area (Å²) in [6, 6.07) is 17.0. The molecule has 4 aromatic rings. The number of nitrogens with one attached hydrogen (secondary N) is 1. The summed E-state index contributed by atoms with van der Waals surface area (Å²) in [5.41, 5.74) is 1.37. The summed E-state index contributed by atoms with van der Waals surface area (Å²) in [7, 11) is 0. The van der Waals surface area contributed by atoms with Gasteiger partial charge in [0.25, 0.3) is 5.91 Å². The van der Waals surface area contributed by atoms with E-state index in [1.54, 1.807) is 60.7 Å². The van der Waals surface area contributed by atoms with Crippen LogP contribution in [0.15, 0.2) is 73.3 Å². The van der Waals surface area contributed by atoms with Crippen LogP contribution in [0.5, 0.6) is 0 Å². The highest BCUT2D eigenvalue weighted by molar-refractivity contribution is 6.06. The normalized spacial score (nSPS) is 21.7. The number of hydrogen-bond donors (Lipinski definition) is 3. The van der Waals surface area contributed by atoms with Crippen LogP contribution in [0.3, 0.4) is 0 Å². The summed E-state index contributed by atoms with van der Waals surface area (Å²) in [5, 5.41) is 23.8. The van der Waals surface area contributed by atoms with E-state index in [1.165, 1.54) is 17.2 Å². The van der Waals surface area contributed by atoms with Crippen molar-refractivity contribution >= 4 is 28.9 Å². The Balaban J connectivity index is 1.32. The van der Waals surface area contributed by atoms with Crippen molar-refractivity contribution < 1.29 is 29.3 Å². The second-order valence-electron chi connectivity index (χ2n) is 7.88. The highest BCUT2D eigenvalue weighted by Crippen LogP contribution is 2.32. The average molecular weight is 475 g/mol. The van der Waals surface area contributed by atoms with Gasteiger partial charge in [-0.2, -0.15) is 0 Å². The van der Waals surface area contributed by atoms with Gasteiger partial charge < -0.3 is 25.0 Å². The van der Waals surface area contributed by atoms with Crippen LogP contribution in [0.1, 0.15) is 26.9 Å². The number of hydrogen-bond acceptors (Lipinski definition) is 9. The van der Waals surface area contributed by atoms with Crippen LogP contribution < -0.4 is 5.32 Å². The van der Waals surface area contributed by atoms with Crippen molar-refractivity contribution in [3.63, 3.8) is 0 Å². The molecule has 1 fully saturated rings. The molecule has 1 aliphatic heterocycles. The predicted octanol–water partition coefficient (Wildman–Crippen LogP) is 1.55. The van der Waals surface area contributed by atoms with E-state index in [0.717, 1.165) is 0 Å². The van der Waals surface area contributed by atoms with Gasteiger partial charge in [-0.25, -0.2) is 19.7 Å². The monoisotopic (exact) mass is 475 g/mol. The number of aliphatic hydroxyl groups excluding tert-OH is 2. The number of aromatic nitrogens is 4. The molecule has 0 saturated carbocycles. The summed E-state index contributed by atoms with van der Waals surface area (Å²) in [6.07, 6.45) is -2.07. The Kier molecular flexibility index (Phi) is 6.19. The van der Waals surface area contributed by atoms with Crippen molar-refractivity contribution in [1.29, 1.82) is 0 Å². The van der Waals surface area contributed by atoms with E-state index in [9.17, 15) is 19.8 Å². The predicted molar refractivity (Wildman–Crippen MR) is 122 cm³/mol. The quantitative estimate of drug-likeness (QED) is 0.353. The molecule has 1 amide bonds. The van der Waals surface area contributed by atoms with Gasteiger partial charge in [0.15, 0.2) is 23.2 Å². The van der Waals surface area contributed by atoms with Crippen LogP contribution in [-0.4, -0.2) is 66.5 Å². The molecule has 5 rings (SSSR count). The summed E-state index contributed by atoms with van der Waals surface area (Å²) < 4.78 is 12.5. The van der Waals surface area contributed by atoms with E-state index in [2.05, 4.69) is 20.3 Å². The maximum Gasteiger partial charge on any atom is 0.338 e. The molecule has 4 atom stereocenters. The number of amides is 1. The number of anilines is 1. The molecule has 0 aliphatic carbocycles. The van der Waals surface area contributed by atoms with E-state index in [0.29, 0.717) is 11.1 Å². The Morgan fingerprint density at radius 3 is 2.34 bits per heavy atom. The van der Waals surface area contributed by atoms with E-state index >= 15 is 0 Å². The van der Waals surface area contributed by atoms with Gasteiger partial charge >= 0.3 is 5.97 Å². The lowest BCUT2D eigenvalue weighted by Gasteiger charge is -2.16. The Morgan fingerprint density at radius 2 is 1.63 bits per heavy atom. The summed E-state index contributed by atoms with van der Waals surface area (Å²) in [5.74, 6) is -0.754. The molecule has 3 N–H and O–H groups in total. The fourth-order valence-electron chi connectivity index (χ4n) is 3.81. The highest BCUT2D eigenvalue weighted by atomic mass is 16.6. The maximum absolute atomic E-state index is 12.5. The van der Waals surface area contributed by atoms with Gasteiger partial charge in [-0.1, -0.05) is 36.4 Å². The van der Waals surface area contributed by atoms with Crippen LogP contribution in [0, 0.1) is 0 Å². The number of carbonyl (C=O) groups excluding carboxylic acids is 2. The first-order valence-electron chi connectivity index (χ1n) is 10.8. The minimum absolute atomic E-state index is 0.184. The van der Waals surface area contributed by atoms with Crippen molar-refractivity contribution in [1.82, 2.24) is 19.5 Å². The van der Waals surface area contributed by atoms with Gasteiger partial charge in [-0.15, -0.1) is 0 Å². The van der Waals surface area contributed by atoms with E-state index in [1.807, 2.05) is 0 Å². The standard InChI is InChI=1S/C24H21N5O6/c30-18-16(11-34-24(33)15-9-5-2-6-10-15)35-23(19(18)31)29-13-27-17-20(25-12-26-21(17)29)28-22(32)14-7-3-1-4-8-14/h1-10,12-13,16,18-19,23,30-31H,11H2,(H,25,26,28,32)/t16-,18?,19-,23-/m1/s1. The number of carbonyl (C=O) groups is 2. The first-order chi connectivity index (χ1) is 17.0. The number of nitrogens with zero attached hydrogens (tertiary/aromatic N) is 4. The van der Waals surface area contributed by atoms with Crippen LogP contribution in [-0.2, 0) is 9.47 Å². The minimum Gasteiger partial charge on any atom is -0.459 e. The van der Waals surface area contributed by atoms with Gasteiger partial charge in [0, 0.05) is 5.56 Å². The van der Waals surface area contributed by atoms with Crippen molar-refractivity contribution in [3.05, 3.63) is 84.4 Å². The third kappa shape index (κ3) is 4.47. The van der Waals surface area contributed by atoms with Gasteiger partial charge in [0.2, 0.25) is 0 Å². The lowest BCUT2D eigenvalue weighted by molar-refractivity contribution is -0.0565. The zero-order chi connectivity index (χ0) is 24.4. The minimum atomic E-state index is -1.34. The molecule has 0 bridgehead atoms. The molecule has 3 heterocycles. The van der Waals surface area contributed by atoms with Crippen LogP contribution in [0.4, 0.5) is 5.82 Å². The van der Waals surface area contributed by atoms with Gasteiger partial charge in [-0.05, 0) is 24.3 Å². The van der Waals surface area contributed by atoms with Crippen LogP contribution in [0.2, 0.25) is 0 Å². The van der Waals surface area contributed by atoms with E-state index in [4.69, 9.17) is 9.47 Å². The van der Waals surface area contributed by atoms with E-state index in [-0.39, 0.29) is 29.5 Å². The Morgan fingerprint density at radius 1 is 0.943 bits per heavy atom. The molecule has 35 heavy (non-hydrogen) atoms. The highest BCUT2D eigenvalue weighted by Gasteiger charge is 2.45. The van der Waals surface area contributed by atoms with Crippen molar-refractivity contribution in [2.45, 2.75) is 24.5 Å². The summed E-state index contributed by atoms with van der Waals surface area (Å²) in [6.45, 7) is -0.261. The second-order valence-corrected chi connectivity index (χ2v) is 7.88. The van der Waals surface area contributed by atoms with Crippen LogP contribution in [0.25, 0.3) is 11.2 Å². The second kappa shape index (κ2) is 9.58. The third-order valence-electron chi connectivity index (χ3n) is 5.63. The summed E-state index contributed by atoms with van der Waals surface area (Å²) in [4.78, 5) is 37.3. The fraction of sp³-hybridized carbons (Fsp3) is 0.208. The largest absolute Gasteiger partial charge is 0.459 e. The molecule has 1 unspecified atom stereocenters. The molecule has 2 aromatic carbocycles. The van der Waals surface area contributed by atoms with Crippen molar-refractivity contribution in [2.75, 3.05) is 11.9 Å². The molecule has 1 aliphatic rings. The molecule has 1 saturated heterocycles. The maximum atomic E-state index is 12.5.